The molecular formula is C66H44N6OPt-2. The number of fused-ring (bicyclic) bond motifs is 10. The van der Waals surface area contributed by atoms with Gasteiger partial charge in [-0.05, 0) is 36.8 Å². The number of nitrogens with zero attached hydrogens (tertiary/aromatic N) is 6. The van der Waals surface area contributed by atoms with Crippen molar-refractivity contribution in [3.63, 3.8) is 0 Å². The van der Waals surface area contributed by atoms with E-state index < -0.39 is 0 Å². The number of para-hydroxylation sites is 4. The summed E-state index contributed by atoms with van der Waals surface area (Å²) in [6.45, 7) is 8.81. The Balaban J connectivity index is 0.967. The van der Waals surface area contributed by atoms with Crippen molar-refractivity contribution in [3.8, 4) is 57.0 Å². The molecule has 0 saturated carbocycles. The second kappa shape index (κ2) is 16.6. The molecule has 7 nitrogen and oxygen atoms in total. The Morgan fingerprint density at radius 2 is 1.19 bits per heavy atom. The Bertz CT molecular complexity index is 4660. The molecule has 0 unspecified atom stereocenters. The van der Waals surface area contributed by atoms with Gasteiger partial charge in [0.15, 0.2) is 0 Å². The predicted molar refractivity (Wildman–Crippen MR) is 296 cm³/mol. The summed E-state index contributed by atoms with van der Waals surface area (Å²) in [6.07, 6.45) is 1.87. The number of pyridine rings is 1. The molecule has 0 spiro atoms. The predicted octanol–water partition coefficient (Wildman–Crippen LogP) is 16.3. The molecule has 0 radical (unpaired) electrons. The van der Waals surface area contributed by atoms with Crippen LogP contribution in [-0.4, -0.2) is 23.1 Å². The molecule has 0 aliphatic carbocycles. The Morgan fingerprint density at radius 1 is 0.541 bits per heavy atom. The van der Waals surface area contributed by atoms with E-state index in [2.05, 4.69) is 247 Å². The maximum atomic E-state index is 10.2. The zero-order chi connectivity index (χ0) is 50.0. The Kier molecular flexibility index (Phi) is 9.86. The molecule has 5 aromatic heterocycles. The Morgan fingerprint density at radius 3 is 1.88 bits per heavy atom. The van der Waals surface area contributed by atoms with Crippen molar-refractivity contribution in [2.24, 2.45) is 0 Å². The zero-order valence-electron chi connectivity index (χ0n) is 40.9. The number of hydrogen-bond donors (Lipinski definition) is 0. The van der Waals surface area contributed by atoms with Crippen LogP contribution in [0, 0.1) is 34.2 Å². The molecule has 14 rings (SSSR count). The van der Waals surface area contributed by atoms with Gasteiger partial charge in [-0.25, -0.2) is 0 Å². The normalized spacial score (nSPS) is 12.1. The van der Waals surface area contributed by atoms with Gasteiger partial charge in [0.1, 0.15) is 0 Å². The van der Waals surface area contributed by atoms with E-state index in [0.717, 1.165) is 125 Å². The van der Waals surface area contributed by atoms with E-state index in [4.69, 9.17) is 9.72 Å². The fourth-order valence-electron chi connectivity index (χ4n) is 11.2. The van der Waals surface area contributed by atoms with Crippen LogP contribution in [0.15, 0.2) is 194 Å². The van der Waals surface area contributed by atoms with Gasteiger partial charge >= 0.3 is 320 Å². The topological polar surface area (TPSA) is 65.1 Å². The first-order valence-corrected chi connectivity index (χ1v) is 25.9. The van der Waals surface area contributed by atoms with Gasteiger partial charge < -0.3 is 4.40 Å². The summed E-state index contributed by atoms with van der Waals surface area (Å²) in [5, 5.41) is 16.7. The summed E-state index contributed by atoms with van der Waals surface area (Å²) < 4.78 is 17.3. The molecule has 0 fully saturated rings. The standard InChI is InChI=1S/C66H44N6O.Pt/c1-41-28-29-68-63(30-41)71-60-36-47(26-27-52(60)53-37-54-56-32-42(39-67)31-55-51-20-11-12-23-57(51)72(65(55)56)62(54)38-61(53)71)73-48-34-45(66(2,3)4)33-46(35-48)69-40-70(59-25-14-13-24-58(59)69)64-49(43-16-7-5-8-17-43)21-15-22-50(64)44-18-9-6-10-19-44;/h5-34,37-38H,1-4H3;/q-2;. The maximum absolute atomic E-state index is 10.2. The average Bonchev–Trinajstić information content (AvgIpc) is 4.15. The van der Waals surface area contributed by atoms with Gasteiger partial charge in [0.25, 0.3) is 0 Å². The van der Waals surface area contributed by atoms with E-state index in [-0.39, 0.29) is 5.41 Å². The van der Waals surface area contributed by atoms with E-state index in [1.165, 1.54) is 0 Å². The molecule has 0 aliphatic rings. The van der Waals surface area contributed by atoms with Crippen LogP contribution < -0.4 is 4.74 Å². The monoisotopic (exact) mass is 1130 g/mol. The van der Waals surface area contributed by atoms with Crippen molar-refractivity contribution < 1.29 is 24.1 Å². The minimum absolute atomic E-state index is 0.229. The van der Waals surface area contributed by atoms with E-state index in [0.29, 0.717) is 17.1 Å². The van der Waals surface area contributed by atoms with Gasteiger partial charge in [0.05, 0.1) is 28.2 Å². The summed E-state index contributed by atoms with van der Waals surface area (Å²) in [4.78, 5) is 4.96. The summed E-state index contributed by atoms with van der Waals surface area (Å²) in [7, 11) is 0. The van der Waals surface area contributed by atoms with E-state index in [9.17, 15) is 5.26 Å². The summed E-state index contributed by atoms with van der Waals surface area (Å²) in [6, 6.07) is 76.3. The van der Waals surface area contributed by atoms with Crippen LogP contribution in [0.2, 0.25) is 0 Å². The van der Waals surface area contributed by atoms with Gasteiger partial charge in [0.2, 0.25) is 0 Å². The Hall–Kier alpha value is -8.82. The Labute approximate surface area is 437 Å². The fourth-order valence-corrected chi connectivity index (χ4v) is 12.3. The molecule has 74 heavy (non-hydrogen) atoms. The van der Waals surface area contributed by atoms with Crippen molar-refractivity contribution >= 4 is 70.9 Å². The number of benzene rings is 9. The minimum atomic E-state index is -0.229. The van der Waals surface area contributed by atoms with Crippen LogP contribution >= 0.6 is 0 Å². The van der Waals surface area contributed by atoms with Crippen LogP contribution in [0.4, 0.5) is 0 Å². The number of rotatable bonds is 7. The van der Waals surface area contributed by atoms with Gasteiger partial charge in [-0.1, -0.05) is 18.2 Å². The third-order valence-electron chi connectivity index (χ3n) is 14.6. The molecule has 356 valence electrons. The number of nitriles is 1. The SMILES string of the molecule is Cc1ccnc(-n2c3[c-]c(Oc4[c-]c(-n5[c](=[Pt])n(-c6c(-c7ccccc7)cccc6-c6ccccc6)c6ccccc65)cc(C(C)(C)C)c4)ccc3c3cc4c5cc(C#N)cc6c7ccccc7n(c4cc32)c65)c1. The van der Waals surface area contributed by atoms with Crippen LogP contribution in [0.1, 0.15) is 37.5 Å². The van der Waals surface area contributed by atoms with Crippen molar-refractivity contribution in [2.45, 2.75) is 33.1 Å². The molecule has 0 N–H and O–H groups in total. The van der Waals surface area contributed by atoms with Crippen LogP contribution in [0.3, 0.4) is 0 Å². The van der Waals surface area contributed by atoms with Crippen molar-refractivity contribution in [1.82, 2.24) is 23.1 Å². The van der Waals surface area contributed by atoms with E-state index in [1.807, 2.05) is 30.5 Å². The third-order valence-corrected chi connectivity index (χ3v) is 15.6. The van der Waals surface area contributed by atoms with Crippen LogP contribution in [-0.2, 0) is 24.8 Å². The van der Waals surface area contributed by atoms with Gasteiger partial charge in [-0.3, -0.25) is 0 Å². The molecule has 0 amide bonds. The average molecular weight is 1130 g/mol. The smallest absolute Gasteiger partial charge is 0.0621 e. The molecule has 0 atom stereocenters. The van der Waals surface area contributed by atoms with E-state index in [1.54, 1.807) is 0 Å². The fraction of sp³-hybridized carbons (Fsp3) is 0.0758. The van der Waals surface area contributed by atoms with Gasteiger partial charge in [0, 0.05) is 27.7 Å². The first-order valence-electron chi connectivity index (χ1n) is 24.7. The quantitative estimate of drug-likeness (QED) is 0.149. The molecule has 5 heterocycles. The van der Waals surface area contributed by atoms with E-state index >= 15 is 0 Å². The van der Waals surface area contributed by atoms with Gasteiger partial charge in [-0.15, -0.1) is 0 Å². The van der Waals surface area contributed by atoms with Crippen molar-refractivity contribution in [1.29, 1.82) is 5.26 Å². The molecule has 0 aliphatic heterocycles. The minimum Gasteiger partial charge on any atom is 0.0621 e. The molecular weight excluding hydrogens is 1090 g/mol. The first kappa shape index (κ1) is 43.9. The van der Waals surface area contributed by atoms with Gasteiger partial charge in [-0.2, -0.15) is 5.26 Å². The third kappa shape index (κ3) is 6.75. The number of ether oxygens (including phenoxy) is 1. The summed E-state index contributed by atoms with van der Waals surface area (Å²) in [5.74, 6) is 1.93. The molecule has 9 aromatic carbocycles. The number of aryl methyl sites for hydroxylation is 1. The second-order valence-corrected chi connectivity index (χ2v) is 21.2. The molecule has 14 aromatic rings. The van der Waals surface area contributed by atoms with Crippen molar-refractivity contribution in [3.05, 3.63) is 227 Å². The second-order valence-electron chi connectivity index (χ2n) is 20.2. The zero-order valence-corrected chi connectivity index (χ0v) is 43.2. The number of hydrogen-bond acceptors (Lipinski definition) is 3. The number of aromatic nitrogens is 5. The van der Waals surface area contributed by atoms with Crippen molar-refractivity contribution in [2.75, 3.05) is 0 Å². The van der Waals surface area contributed by atoms with Crippen LogP contribution in [0.5, 0.6) is 11.5 Å². The van der Waals surface area contributed by atoms with Crippen LogP contribution in [0.25, 0.3) is 110 Å². The summed E-state index contributed by atoms with van der Waals surface area (Å²) in [5.41, 5.74) is 16.4. The molecule has 0 bridgehead atoms. The summed E-state index contributed by atoms with van der Waals surface area (Å²) >= 11 is 2.50. The first-order chi connectivity index (χ1) is 36.1. The molecule has 8 heteroatoms. The molecule has 0 saturated heterocycles. The number of imidazole rings is 1.